The van der Waals surface area contributed by atoms with E-state index in [4.69, 9.17) is 27.9 Å². The number of carbonyl (C=O) groups is 1. The molecular formula is C25H21Cl2FN4O3S. The summed E-state index contributed by atoms with van der Waals surface area (Å²) in [4.78, 5) is 28.6. The Hall–Kier alpha value is -3.00. The molecule has 7 nitrogen and oxygen atoms in total. The number of aromatic nitrogens is 1. The van der Waals surface area contributed by atoms with Gasteiger partial charge in [0.05, 0.1) is 33.5 Å². The van der Waals surface area contributed by atoms with Crippen molar-refractivity contribution in [2.24, 2.45) is 0 Å². The van der Waals surface area contributed by atoms with Crippen LogP contribution >= 0.6 is 34.5 Å². The van der Waals surface area contributed by atoms with Crippen LogP contribution in [0.25, 0.3) is 17.3 Å². The monoisotopic (exact) mass is 546 g/mol. The van der Waals surface area contributed by atoms with Gasteiger partial charge in [-0.05, 0) is 42.0 Å². The van der Waals surface area contributed by atoms with Crippen LogP contribution in [0.3, 0.4) is 0 Å². The lowest BCUT2D eigenvalue weighted by Crippen LogP contribution is -2.42. The molecule has 0 radical (unpaired) electrons. The molecule has 2 aromatic carbocycles. The average Bonchev–Trinajstić information content (AvgIpc) is 3.19. The van der Waals surface area contributed by atoms with Crippen LogP contribution in [0.15, 0.2) is 47.3 Å². The topological polar surface area (TPSA) is 87.4 Å². The van der Waals surface area contributed by atoms with Gasteiger partial charge >= 0.3 is 0 Å². The summed E-state index contributed by atoms with van der Waals surface area (Å²) in [6.45, 7) is 3.75. The van der Waals surface area contributed by atoms with Crippen LogP contribution in [0.1, 0.15) is 5.56 Å². The van der Waals surface area contributed by atoms with Crippen molar-refractivity contribution in [3.63, 3.8) is 0 Å². The molecule has 1 N–H and O–H groups in total. The molecule has 2 heterocycles. The molecule has 4 rings (SSSR count). The van der Waals surface area contributed by atoms with Gasteiger partial charge in [-0.3, -0.25) is 19.1 Å². The van der Waals surface area contributed by atoms with Crippen LogP contribution < -0.4 is 20.1 Å². The number of halogens is 3. The predicted octanol–water partition coefficient (Wildman–Crippen LogP) is 2.30. The van der Waals surface area contributed by atoms with Gasteiger partial charge in [-0.1, -0.05) is 35.3 Å². The summed E-state index contributed by atoms with van der Waals surface area (Å²) in [7, 11) is 0. The largest absolute Gasteiger partial charge is 0.379 e. The zero-order chi connectivity index (χ0) is 25.7. The highest BCUT2D eigenvalue weighted by Crippen LogP contribution is 2.25. The fraction of sp³-hybridized carbons (Fsp3) is 0.240. The first kappa shape index (κ1) is 26.1. The third-order valence-electron chi connectivity index (χ3n) is 5.55. The zero-order valence-electron chi connectivity index (χ0n) is 19.0. The van der Waals surface area contributed by atoms with Gasteiger partial charge in [0.25, 0.3) is 11.5 Å². The SMILES string of the molecule is N#C/C(C(=O)NCCN1CCOCC1)=c1/s/c(=C/c2cccc(Cl)c2Cl)c(=O)n1-c1ccc(F)cc1. The summed E-state index contributed by atoms with van der Waals surface area (Å²) >= 11 is 13.4. The first-order valence-corrected chi connectivity index (χ1v) is 12.6. The second-order valence-electron chi connectivity index (χ2n) is 7.87. The maximum absolute atomic E-state index is 13.6. The summed E-state index contributed by atoms with van der Waals surface area (Å²) in [6.07, 6.45) is 1.55. The minimum absolute atomic E-state index is 0.127. The summed E-state index contributed by atoms with van der Waals surface area (Å²) in [6, 6.07) is 12.2. The highest BCUT2D eigenvalue weighted by molar-refractivity contribution is 7.07. The van der Waals surface area contributed by atoms with Crippen LogP contribution in [0.5, 0.6) is 0 Å². The van der Waals surface area contributed by atoms with E-state index in [-0.39, 0.29) is 19.8 Å². The maximum atomic E-state index is 13.6. The smallest absolute Gasteiger partial charge is 0.273 e. The normalized spacial score (nSPS) is 15.4. The number of amides is 1. The Balaban J connectivity index is 1.80. The Labute approximate surface area is 220 Å². The number of morpholine rings is 1. The van der Waals surface area contributed by atoms with Crippen molar-refractivity contribution >= 4 is 52.1 Å². The average molecular weight is 547 g/mol. The second kappa shape index (κ2) is 11.8. The number of rotatable bonds is 6. The van der Waals surface area contributed by atoms with Crippen LogP contribution in [0.2, 0.25) is 10.0 Å². The van der Waals surface area contributed by atoms with Crippen LogP contribution in [0, 0.1) is 17.1 Å². The highest BCUT2D eigenvalue weighted by Gasteiger charge is 2.18. The fourth-order valence-corrected chi connectivity index (χ4v) is 5.14. The van der Waals surface area contributed by atoms with Crippen molar-refractivity contribution < 1.29 is 13.9 Å². The van der Waals surface area contributed by atoms with Gasteiger partial charge in [-0.2, -0.15) is 5.26 Å². The number of ether oxygens (including phenoxy) is 1. The molecule has 1 aliphatic rings. The van der Waals surface area contributed by atoms with Crippen molar-refractivity contribution in [1.29, 1.82) is 5.26 Å². The first-order valence-electron chi connectivity index (χ1n) is 11.1. The summed E-state index contributed by atoms with van der Waals surface area (Å²) in [5, 5.41) is 13.2. The second-order valence-corrected chi connectivity index (χ2v) is 9.69. The standard InChI is InChI=1S/C25H21Cl2FN4O3S/c26-20-3-1-2-16(22(20)27)14-21-24(34)32(18-6-4-17(28)5-7-18)25(36-21)19(15-29)23(33)30-8-9-31-10-12-35-13-11-31/h1-7,14H,8-13H2,(H,30,33)/b21-14+,25-19-. The third kappa shape index (κ3) is 5.86. The number of hydrogen-bond acceptors (Lipinski definition) is 6. The number of benzene rings is 2. The molecule has 36 heavy (non-hydrogen) atoms. The predicted molar refractivity (Wildman–Crippen MR) is 138 cm³/mol. The summed E-state index contributed by atoms with van der Waals surface area (Å²) < 4.78 is 20.5. The lowest BCUT2D eigenvalue weighted by molar-refractivity contribution is -0.115. The van der Waals surface area contributed by atoms with Gasteiger partial charge in [0.1, 0.15) is 16.5 Å². The van der Waals surface area contributed by atoms with E-state index in [0.717, 1.165) is 24.4 Å². The van der Waals surface area contributed by atoms with E-state index in [2.05, 4.69) is 10.2 Å². The lowest BCUT2D eigenvalue weighted by atomic mass is 10.2. The van der Waals surface area contributed by atoms with Gasteiger partial charge in [-0.25, -0.2) is 4.39 Å². The number of hydrogen-bond donors (Lipinski definition) is 1. The van der Waals surface area contributed by atoms with Gasteiger partial charge in [0.2, 0.25) is 0 Å². The number of nitriles is 1. The van der Waals surface area contributed by atoms with Gasteiger partial charge in [0.15, 0.2) is 5.57 Å². The molecule has 186 valence electrons. The van der Waals surface area contributed by atoms with E-state index in [9.17, 15) is 19.2 Å². The van der Waals surface area contributed by atoms with Crippen molar-refractivity contribution in [2.45, 2.75) is 0 Å². The minimum atomic E-state index is -0.602. The Kier molecular flexibility index (Phi) is 8.56. The molecule has 3 aromatic rings. The summed E-state index contributed by atoms with van der Waals surface area (Å²) in [5.74, 6) is -1.08. The molecule has 0 unspecified atom stereocenters. The Morgan fingerprint density at radius 1 is 1.19 bits per heavy atom. The molecule has 1 saturated heterocycles. The Bertz CT molecular complexity index is 1490. The molecular weight excluding hydrogens is 526 g/mol. The molecule has 0 aliphatic carbocycles. The Morgan fingerprint density at radius 2 is 1.92 bits per heavy atom. The van der Waals surface area contributed by atoms with E-state index in [0.29, 0.717) is 42.6 Å². The first-order chi connectivity index (χ1) is 17.4. The van der Waals surface area contributed by atoms with E-state index < -0.39 is 17.3 Å². The molecule has 0 atom stereocenters. The van der Waals surface area contributed by atoms with Crippen LogP contribution in [-0.4, -0.2) is 54.8 Å². The maximum Gasteiger partial charge on any atom is 0.273 e. The van der Waals surface area contributed by atoms with E-state index in [1.165, 1.54) is 28.8 Å². The van der Waals surface area contributed by atoms with Crippen molar-refractivity contribution in [2.75, 3.05) is 39.4 Å². The quantitative estimate of drug-likeness (QED) is 0.512. The fourth-order valence-electron chi connectivity index (χ4n) is 3.68. The van der Waals surface area contributed by atoms with Crippen molar-refractivity contribution in [3.05, 3.63) is 83.4 Å². The van der Waals surface area contributed by atoms with E-state index in [1.807, 2.05) is 6.07 Å². The number of nitrogens with one attached hydrogen (secondary N) is 1. The van der Waals surface area contributed by atoms with Gasteiger partial charge < -0.3 is 10.1 Å². The molecule has 11 heteroatoms. The van der Waals surface area contributed by atoms with E-state index >= 15 is 0 Å². The van der Waals surface area contributed by atoms with Gasteiger partial charge in [0, 0.05) is 26.2 Å². The Morgan fingerprint density at radius 3 is 2.61 bits per heavy atom. The third-order valence-corrected chi connectivity index (χ3v) is 7.47. The molecule has 0 spiro atoms. The number of carbonyl (C=O) groups excluding carboxylic acids is 1. The molecule has 1 fully saturated rings. The highest BCUT2D eigenvalue weighted by atomic mass is 35.5. The molecule has 0 bridgehead atoms. The minimum Gasteiger partial charge on any atom is -0.379 e. The van der Waals surface area contributed by atoms with E-state index in [1.54, 1.807) is 24.3 Å². The summed E-state index contributed by atoms with van der Waals surface area (Å²) in [5.41, 5.74) is 0.124. The number of nitrogens with zero attached hydrogens (tertiary/aromatic N) is 3. The van der Waals surface area contributed by atoms with Gasteiger partial charge in [-0.15, -0.1) is 11.3 Å². The molecule has 1 aromatic heterocycles. The molecule has 1 amide bonds. The van der Waals surface area contributed by atoms with Crippen molar-refractivity contribution in [1.82, 2.24) is 14.8 Å². The number of thiazole rings is 1. The molecule has 0 saturated carbocycles. The lowest BCUT2D eigenvalue weighted by Gasteiger charge is -2.26. The molecule has 1 aliphatic heterocycles. The van der Waals surface area contributed by atoms with Crippen molar-refractivity contribution in [3.8, 4) is 11.8 Å². The van der Waals surface area contributed by atoms with Crippen LogP contribution in [-0.2, 0) is 9.53 Å². The zero-order valence-corrected chi connectivity index (χ0v) is 21.3. The van der Waals surface area contributed by atoms with Crippen LogP contribution in [0.4, 0.5) is 4.39 Å².